The summed E-state index contributed by atoms with van der Waals surface area (Å²) in [6.45, 7) is 15.3. The van der Waals surface area contributed by atoms with Crippen molar-refractivity contribution in [2.45, 2.75) is 116 Å². The number of fused-ring (bicyclic) bond motifs is 6. The van der Waals surface area contributed by atoms with Crippen LogP contribution in [0.5, 0.6) is 0 Å². The van der Waals surface area contributed by atoms with Gasteiger partial charge in [-0.3, -0.25) is 19.6 Å². The topological polar surface area (TPSA) is 158 Å². The summed E-state index contributed by atoms with van der Waals surface area (Å²) in [5.41, 5.74) is 9.85. The van der Waals surface area contributed by atoms with Gasteiger partial charge in [-0.2, -0.15) is 0 Å². The van der Waals surface area contributed by atoms with E-state index in [0.29, 0.717) is 50.5 Å². The van der Waals surface area contributed by atoms with Crippen molar-refractivity contribution in [3.8, 4) is 22.5 Å². The highest BCUT2D eigenvalue weighted by atomic mass is 32.1. The SMILES string of the molecule is CCn1c(-c2cc(N3CCN(C)CC3)cnc2[C@H](C)OC)c2c3cc(ccc31)-c1csc(n1)C[C@H](NC(=O)[C@H](C1CCCC1)N(C)C(=O)N1CCC1)C(=O)N1CCCC(C=O)(COCC(C)(C)C2)N1. The Bertz CT molecular complexity index is 2520. The number of carbonyl (C=O) groups excluding carboxylic acids is 4. The molecule has 17 heteroatoms. The average molecular weight is 965 g/mol. The zero-order valence-electron chi connectivity index (χ0n) is 41.7. The van der Waals surface area contributed by atoms with Crippen LogP contribution in [0.1, 0.15) is 95.0 Å². The lowest BCUT2D eigenvalue weighted by atomic mass is 9.84. The van der Waals surface area contributed by atoms with Crippen LogP contribution in [0.2, 0.25) is 0 Å². The quantitative estimate of drug-likeness (QED) is 0.172. The Hall–Kier alpha value is -4.94. The number of aryl methyl sites for hydroxylation is 1. The Labute approximate surface area is 411 Å². The van der Waals surface area contributed by atoms with Crippen LogP contribution in [0.3, 0.4) is 0 Å². The van der Waals surface area contributed by atoms with E-state index in [4.69, 9.17) is 19.4 Å². The van der Waals surface area contributed by atoms with Gasteiger partial charge in [0, 0.05) is 100 Å². The zero-order chi connectivity index (χ0) is 48.6. The smallest absolute Gasteiger partial charge is 0.320 e. The van der Waals surface area contributed by atoms with Crippen molar-refractivity contribution in [2.75, 3.05) is 85.1 Å². The fraction of sp³-hybridized carbons (Fsp3) is 0.615. The summed E-state index contributed by atoms with van der Waals surface area (Å²) in [6, 6.07) is 6.98. The number of hydrogen-bond donors (Lipinski definition) is 2. The van der Waals surface area contributed by atoms with E-state index in [2.05, 4.69) is 84.1 Å². The molecule has 6 bridgehead atoms. The maximum Gasteiger partial charge on any atom is 0.320 e. The number of hydrazine groups is 1. The van der Waals surface area contributed by atoms with Gasteiger partial charge in [-0.15, -0.1) is 11.3 Å². The number of likely N-dealkylation sites (N-methyl/N-ethyl adjacent to an activating group) is 2. The number of ether oxygens (including phenoxy) is 2. The lowest BCUT2D eigenvalue weighted by molar-refractivity contribution is -0.147. The molecule has 1 aromatic carbocycles. The average Bonchev–Trinajstić information content (AvgIpc) is 4.10. The molecule has 3 saturated heterocycles. The lowest BCUT2D eigenvalue weighted by Gasteiger charge is -2.42. The van der Waals surface area contributed by atoms with Gasteiger partial charge in [-0.1, -0.05) is 32.8 Å². The highest BCUT2D eigenvalue weighted by molar-refractivity contribution is 7.10. The Morgan fingerprint density at radius 2 is 1.83 bits per heavy atom. The van der Waals surface area contributed by atoms with Gasteiger partial charge in [-0.25, -0.2) is 15.2 Å². The molecule has 4 fully saturated rings. The monoisotopic (exact) mass is 965 g/mol. The number of thiazole rings is 1. The van der Waals surface area contributed by atoms with E-state index in [1.807, 2.05) is 11.6 Å². The van der Waals surface area contributed by atoms with E-state index in [1.54, 1.807) is 24.0 Å². The molecule has 0 radical (unpaired) electrons. The van der Waals surface area contributed by atoms with Crippen molar-refractivity contribution < 1.29 is 28.7 Å². The summed E-state index contributed by atoms with van der Waals surface area (Å²) >= 11 is 1.46. The number of benzene rings is 1. The minimum Gasteiger partial charge on any atom is -0.378 e. The third-order valence-corrected chi connectivity index (χ3v) is 16.3. The van der Waals surface area contributed by atoms with Crippen LogP contribution < -0.4 is 15.6 Å². The molecule has 1 aliphatic carbocycles. The Balaban J connectivity index is 1.14. The summed E-state index contributed by atoms with van der Waals surface area (Å²) in [4.78, 5) is 74.9. The van der Waals surface area contributed by atoms with Gasteiger partial charge >= 0.3 is 6.03 Å². The second-order valence-corrected chi connectivity index (χ2v) is 22.0. The molecule has 2 N–H and O–H groups in total. The summed E-state index contributed by atoms with van der Waals surface area (Å²) in [6.07, 6.45) is 9.03. The molecule has 1 saturated carbocycles. The minimum atomic E-state index is -1.16. The van der Waals surface area contributed by atoms with Gasteiger partial charge in [0.2, 0.25) is 5.91 Å². The Morgan fingerprint density at radius 3 is 2.52 bits per heavy atom. The van der Waals surface area contributed by atoms with E-state index >= 15 is 0 Å². The number of aromatic nitrogens is 3. The largest absolute Gasteiger partial charge is 0.378 e. The molecule has 5 aliphatic rings. The number of aldehydes is 1. The third kappa shape index (κ3) is 10.0. The second kappa shape index (κ2) is 20.4. The summed E-state index contributed by atoms with van der Waals surface area (Å²) in [7, 11) is 5.62. The van der Waals surface area contributed by atoms with Crippen molar-refractivity contribution in [1.82, 2.24) is 45.0 Å². The fourth-order valence-electron chi connectivity index (χ4n) is 11.3. The van der Waals surface area contributed by atoms with Crippen LogP contribution in [-0.4, -0.2) is 156 Å². The molecule has 4 aliphatic heterocycles. The first-order valence-electron chi connectivity index (χ1n) is 25.2. The number of methoxy groups -OCH3 is 1. The normalized spacial score (nSPS) is 23.6. The maximum absolute atomic E-state index is 14.9. The van der Waals surface area contributed by atoms with Crippen molar-refractivity contribution in [1.29, 1.82) is 0 Å². The predicted octanol–water partition coefficient (Wildman–Crippen LogP) is 6.31. The number of urea groups is 1. The van der Waals surface area contributed by atoms with Crippen molar-refractivity contribution in [3.05, 3.63) is 52.1 Å². The Morgan fingerprint density at radius 1 is 1.06 bits per heavy atom. The van der Waals surface area contributed by atoms with Gasteiger partial charge in [0.05, 0.1) is 53.3 Å². The zero-order valence-corrected chi connectivity index (χ0v) is 42.5. The molecule has 4 atom stereocenters. The molecule has 16 nitrogen and oxygen atoms in total. The number of hydrogen-bond acceptors (Lipinski definition) is 12. The number of carbonyl (C=O) groups is 4. The number of nitrogens with one attached hydrogen (secondary N) is 2. The first-order chi connectivity index (χ1) is 33.2. The number of likely N-dealkylation sites (tertiary alicyclic amines) is 1. The highest BCUT2D eigenvalue weighted by Gasteiger charge is 2.43. The predicted molar refractivity (Wildman–Crippen MR) is 269 cm³/mol. The molecule has 4 aromatic rings. The number of piperazine rings is 1. The molecule has 4 amide bonds. The van der Waals surface area contributed by atoms with E-state index in [0.717, 1.165) is 116 Å². The van der Waals surface area contributed by atoms with Crippen LogP contribution in [-0.2, 0) is 43.2 Å². The number of anilines is 1. The summed E-state index contributed by atoms with van der Waals surface area (Å²) in [5.74, 6) is -0.725. The number of nitrogens with zero attached hydrogens (tertiary/aromatic N) is 8. The van der Waals surface area contributed by atoms with Gasteiger partial charge in [0.15, 0.2) is 0 Å². The van der Waals surface area contributed by atoms with Crippen LogP contribution in [0.25, 0.3) is 33.4 Å². The van der Waals surface area contributed by atoms with E-state index in [-0.39, 0.29) is 42.9 Å². The summed E-state index contributed by atoms with van der Waals surface area (Å²) in [5, 5.41) is 8.48. The van der Waals surface area contributed by atoms with Crippen LogP contribution in [0.4, 0.5) is 10.5 Å². The molecule has 9 rings (SSSR count). The number of rotatable bonds is 10. The van der Waals surface area contributed by atoms with Gasteiger partial charge in [0.25, 0.3) is 5.91 Å². The van der Waals surface area contributed by atoms with E-state index in [9.17, 15) is 19.2 Å². The van der Waals surface area contributed by atoms with Crippen LogP contribution in [0, 0.1) is 11.3 Å². The molecular formula is C52H72N10O6S. The first kappa shape index (κ1) is 49.1. The van der Waals surface area contributed by atoms with Gasteiger partial charge in [-0.05, 0) is 94.5 Å². The molecule has 7 heterocycles. The van der Waals surface area contributed by atoms with Gasteiger partial charge < -0.3 is 43.8 Å². The molecule has 3 aromatic heterocycles. The summed E-state index contributed by atoms with van der Waals surface area (Å²) < 4.78 is 15.0. The first-order valence-corrected chi connectivity index (χ1v) is 26.1. The molecule has 0 spiro atoms. The van der Waals surface area contributed by atoms with E-state index < -0.39 is 23.0 Å². The van der Waals surface area contributed by atoms with Crippen LogP contribution >= 0.6 is 11.3 Å². The van der Waals surface area contributed by atoms with Crippen molar-refractivity contribution in [2.24, 2.45) is 11.3 Å². The second-order valence-electron chi connectivity index (χ2n) is 21.0. The van der Waals surface area contributed by atoms with Crippen LogP contribution in [0.15, 0.2) is 35.8 Å². The third-order valence-electron chi connectivity index (χ3n) is 15.4. The van der Waals surface area contributed by atoms with Gasteiger partial charge in [0.1, 0.15) is 23.9 Å². The van der Waals surface area contributed by atoms with E-state index in [1.165, 1.54) is 21.9 Å². The highest BCUT2D eigenvalue weighted by Crippen LogP contribution is 2.43. The fourth-order valence-corrected chi connectivity index (χ4v) is 12.1. The standard InChI is InChI=1S/C52H72N10O6S/c1-8-61-43-16-15-36-25-38(43)40(47(61)39-26-37(29-53-45(39)34(2)67-7)59-23-21-57(5)22-24-59)28-51(3,4)32-68-33-52(31-63)17-11-20-62(56-52)49(65)41(27-44-54-42(36)30-69-44)55-48(64)46(35-13-9-10-14-35)58(6)50(66)60-18-12-19-60/h15-16,25-26,29-31,34-35,41,46,56H,8-14,17-24,27-28,32-33H2,1-7H3,(H,55,64)/t34-,41-,46-,52?/m0/s1. The molecular weight excluding hydrogens is 893 g/mol. The Kier molecular flexibility index (Phi) is 14.5. The maximum atomic E-state index is 14.9. The lowest BCUT2D eigenvalue weighted by Crippen LogP contribution is -2.66. The molecule has 1 unspecified atom stereocenters. The van der Waals surface area contributed by atoms with Crippen molar-refractivity contribution in [3.63, 3.8) is 0 Å². The number of amides is 4. The molecule has 372 valence electrons. The minimum absolute atomic E-state index is 0.0201. The van der Waals surface area contributed by atoms with Crippen molar-refractivity contribution >= 4 is 52.1 Å². The number of pyridine rings is 1. The molecule has 69 heavy (non-hydrogen) atoms.